The Bertz CT molecular complexity index is 3520. The molecule has 0 spiro atoms. The number of para-hydroxylation sites is 3. The fraction of sp³-hybridized carbons (Fsp3) is 0. The molecule has 12 aromatic rings. The summed E-state index contributed by atoms with van der Waals surface area (Å²) in [6.07, 6.45) is 0. The Morgan fingerprint density at radius 3 is 1.71 bits per heavy atom. The van der Waals surface area contributed by atoms with Crippen LogP contribution < -0.4 is 4.90 Å². The van der Waals surface area contributed by atoms with Crippen LogP contribution in [0.4, 0.5) is 17.1 Å². The molecule has 12 rings (SSSR count). The van der Waals surface area contributed by atoms with Gasteiger partial charge in [0.1, 0.15) is 11.2 Å². The third kappa shape index (κ3) is 5.36. The van der Waals surface area contributed by atoms with Gasteiger partial charge in [0.05, 0.1) is 11.0 Å². The Balaban J connectivity index is 1.05. The van der Waals surface area contributed by atoms with Crippen molar-refractivity contribution < 1.29 is 4.42 Å². The summed E-state index contributed by atoms with van der Waals surface area (Å²) in [4.78, 5) is 2.39. The highest BCUT2D eigenvalue weighted by molar-refractivity contribution is 6.15. The predicted molar refractivity (Wildman–Crippen MR) is 249 cm³/mol. The summed E-state index contributed by atoms with van der Waals surface area (Å²) in [6, 6.07) is 78.8. The highest BCUT2D eigenvalue weighted by Gasteiger charge is 2.19. The number of nitrogens with zero attached hydrogens (tertiary/aromatic N) is 2. The molecule has 0 aliphatic carbocycles. The lowest BCUT2D eigenvalue weighted by Crippen LogP contribution is -2.10. The highest BCUT2D eigenvalue weighted by atomic mass is 16.3. The second-order valence-corrected chi connectivity index (χ2v) is 15.3. The molecule has 0 aliphatic rings. The van der Waals surface area contributed by atoms with Crippen molar-refractivity contribution in [2.24, 2.45) is 0 Å². The summed E-state index contributed by atoms with van der Waals surface area (Å²) in [5.74, 6) is 0. The van der Waals surface area contributed by atoms with Crippen molar-refractivity contribution in [1.82, 2.24) is 4.57 Å². The van der Waals surface area contributed by atoms with Gasteiger partial charge in [0, 0.05) is 44.3 Å². The van der Waals surface area contributed by atoms with Gasteiger partial charge in [-0.2, -0.15) is 0 Å². The van der Waals surface area contributed by atoms with E-state index in [0.29, 0.717) is 0 Å². The molecule has 3 nitrogen and oxygen atoms in total. The quantitative estimate of drug-likeness (QED) is 0.158. The number of benzene rings is 10. The fourth-order valence-corrected chi connectivity index (χ4v) is 9.33. The van der Waals surface area contributed by atoms with E-state index >= 15 is 0 Å². The van der Waals surface area contributed by atoms with Gasteiger partial charge >= 0.3 is 0 Å². The number of rotatable bonds is 6. The molecule has 3 heteroatoms. The van der Waals surface area contributed by atoms with Crippen molar-refractivity contribution in [3.63, 3.8) is 0 Å². The number of aromatic nitrogens is 1. The molecule has 0 radical (unpaired) electrons. The molecule has 10 aromatic carbocycles. The van der Waals surface area contributed by atoms with Crippen LogP contribution in [0, 0.1) is 0 Å². The van der Waals surface area contributed by atoms with E-state index < -0.39 is 0 Å². The van der Waals surface area contributed by atoms with Crippen molar-refractivity contribution in [3.8, 4) is 27.9 Å². The lowest BCUT2D eigenvalue weighted by Gasteiger charge is -2.27. The first kappa shape index (κ1) is 33.3. The van der Waals surface area contributed by atoms with E-state index in [1.54, 1.807) is 0 Å². The van der Waals surface area contributed by atoms with E-state index in [9.17, 15) is 0 Å². The second-order valence-electron chi connectivity index (χ2n) is 15.3. The van der Waals surface area contributed by atoms with Gasteiger partial charge in [-0.15, -0.1) is 0 Å². The van der Waals surface area contributed by atoms with Crippen molar-refractivity contribution in [2.45, 2.75) is 0 Å². The second kappa shape index (κ2) is 13.4. The van der Waals surface area contributed by atoms with Crippen LogP contribution in [0.5, 0.6) is 0 Å². The van der Waals surface area contributed by atoms with Crippen molar-refractivity contribution in [3.05, 3.63) is 218 Å². The molecule has 0 atom stereocenters. The van der Waals surface area contributed by atoms with Gasteiger partial charge in [-0.25, -0.2) is 0 Å². The molecule has 0 aliphatic heterocycles. The Morgan fingerprint density at radius 2 is 0.932 bits per heavy atom. The van der Waals surface area contributed by atoms with Crippen LogP contribution in [0.25, 0.3) is 93.2 Å². The third-order valence-corrected chi connectivity index (χ3v) is 11.9. The predicted octanol–water partition coefficient (Wildman–Crippen LogP) is 15.8. The van der Waals surface area contributed by atoms with E-state index in [-0.39, 0.29) is 0 Å². The molecular weight excluding hydrogens is 717 g/mol. The minimum atomic E-state index is 0.898. The molecule has 0 bridgehead atoms. The van der Waals surface area contributed by atoms with E-state index in [0.717, 1.165) is 55.8 Å². The van der Waals surface area contributed by atoms with E-state index in [4.69, 9.17) is 4.42 Å². The van der Waals surface area contributed by atoms with Crippen LogP contribution in [0.3, 0.4) is 0 Å². The molecule has 0 amide bonds. The molecule has 0 saturated heterocycles. The number of hydrogen-bond donors (Lipinski definition) is 0. The highest BCUT2D eigenvalue weighted by Crippen LogP contribution is 2.43. The summed E-state index contributed by atoms with van der Waals surface area (Å²) in [7, 11) is 0. The Kier molecular flexibility index (Phi) is 7.54. The standard InChI is InChI=1S/C56H36N2O/c1-2-19-44-39(14-1)35-51(47-21-4-3-20-46(44)47)38-15-11-16-41(34-38)57(40-32-30-37(31-33-40)45-25-13-29-55-56(45)50-24-7-10-28-54(50)59-55)42-17-12-18-43(36-42)58-52-26-8-5-22-48(52)49-23-6-9-27-53(49)58/h1-36H. The molecule has 2 aromatic heterocycles. The number of anilines is 3. The lowest BCUT2D eigenvalue weighted by molar-refractivity contribution is 0.669. The molecule has 0 N–H and O–H groups in total. The zero-order chi connectivity index (χ0) is 38.9. The minimum Gasteiger partial charge on any atom is -0.456 e. The molecule has 0 saturated carbocycles. The Morgan fingerprint density at radius 1 is 0.339 bits per heavy atom. The van der Waals surface area contributed by atoms with E-state index in [2.05, 4.69) is 216 Å². The van der Waals surface area contributed by atoms with Crippen LogP contribution in [0.15, 0.2) is 223 Å². The average Bonchev–Trinajstić information content (AvgIpc) is 3.86. The SMILES string of the molecule is c1cc(-c2cc3ccccc3c3ccccc23)cc(N(c2ccc(-c3cccc4oc5ccccc5c34)cc2)c2cccc(-n3c4ccccc4c4ccccc43)c2)c1. The molecule has 2 heterocycles. The summed E-state index contributed by atoms with van der Waals surface area (Å²) >= 11 is 0. The third-order valence-electron chi connectivity index (χ3n) is 11.9. The number of furan rings is 1. The molecule has 59 heavy (non-hydrogen) atoms. The maximum atomic E-state index is 6.28. The van der Waals surface area contributed by atoms with Gasteiger partial charge in [-0.05, 0) is 117 Å². The Labute approximate surface area is 341 Å². The smallest absolute Gasteiger partial charge is 0.136 e. The van der Waals surface area contributed by atoms with Gasteiger partial charge < -0.3 is 13.9 Å². The summed E-state index contributed by atoms with van der Waals surface area (Å²) in [5, 5.41) is 9.77. The number of hydrogen-bond acceptors (Lipinski definition) is 2. The summed E-state index contributed by atoms with van der Waals surface area (Å²) < 4.78 is 8.67. The van der Waals surface area contributed by atoms with Gasteiger partial charge in [-0.3, -0.25) is 0 Å². The Hall–Kier alpha value is -7.88. The van der Waals surface area contributed by atoms with Crippen molar-refractivity contribution >= 4 is 82.4 Å². The maximum Gasteiger partial charge on any atom is 0.136 e. The van der Waals surface area contributed by atoms with Crippen molar-refractivity contribution in [1.29, 1.82) is 0 Å². The topological polar surface area (TPSA) is 21.3 Å². The largest absolute Gasteiger partial charge is 0.456 e. The first-order valence-corrected chi connectivity index (χ1v) is 20.2. The zero-order valence-electron chi connectivity index (χ0n) is 32.1. The molecule has 0 fully saturated rings. The van der Waals surface area contributed by atoms with Gasteiger partial charge in [0.2, 0.25) is 0 Å². The number of fused-ring (bicyclic) bond motifs is 9. The van der Waals surface area contributed by atoms with Gasteiger partial charge in [0.25, 0.3) is 0 Å². The molecule has 276 valence electrons. The van der Waals surface area contributed by atoms with E-state index in [1.165, 1.54) is 54.5 Å². The minimum absolute atomic E-state index is 0.898. The van der Waals surface area contributed by atoms with Gasteiger partial charge in [0.15, 0.2) is 0 Å². The average molecular weight is 753 g/mol. The van der Waals surface area contributed by atoms with Crippen LogP contribution in [-0.4, -0.2) is 4.57 Å². The van der Waals surface area contributed by atoms with Crippen LogP contribution in [0.1, 0.15) is 0 Å². The fourth-order valence-electron chi connectivity index (χ4n) is 9.33. The summed E-state index contributed by atoms with van der Waals surface area (Å²) in [6.45, 7) is 0. The van der Waals surface area contributed by atoms with Crippen molar-refractivity contribution in [2.75, 3.05) is 4.90 Å². The van der Waals surface area contributed by atoms with Gasteiger partial charge in [-0.1, -0.05) is 146 Å². The van der Waals surface area contributed by atoms with E-state index in [1.807, 2.05) is 12.1 Å². The maximum absolute atomic E-state index is 6.28. The zero-order valence-corrected chi connectivity index (χ0v) is 32.1. The monoisotopic (exact) mass is 752 g/mol. The van der Waals surface area contributed by atoms with Crippen LogP contribution in [-0.2, 0) is 0 Å². The first-order valence-electron chi connectivity index (χ1n) is 20.2. The lowest BCUT2D eigenvalue weighted by atomic mass is 9.93. The first-order chi connectivity index (χ1) is 29.3. The molecule has 0 unspecified atom stereocenters. The summed E-state index contributed by atoms with van der Waals surface area (Å²) in [5.41, 5.74) is 13.2. The van der Waals surface area contributed by atoms with Crippen LogP contribution >= 0.6 is 0 Å². The van der Waals surface area contributed by atoms with Crippen LogP contribution in [0.2, 0.25) is 0 Å². The normalized spacial score (nSPS) is 11.7. The molecular formula is C56H36N2O.